The van der Waals surface area contributed by atoms with E-state index in [1.54, 1.807) is 30.0 Å². The zero-order valence-corrected chi connectivity index (χ0v) is 10.7. The van der Waals surface area contributed by atoms with Crippen molar-refractivity contribution in [2.24, 2.45) is 0 Å². The highest BCUT2D eigenvalue weighted by molar-refractivity contribution is 5.92. The van der Waals surface area contributed by atoms with Crippen LogP contribution in [0.25, 0.3) is 0 Å². The van der Waals surface area contributed by atoms with Gasteiger partial charge in [-0.3, -0.25) is 0 Å². The van der Waals surface area contributed by atoms with Crippen molar-refractivity contribution in [1.82, 2.24) is 0 Å². The van der Waals surface area contributed by atoms with Crippen LogP contribution in [0.2, 0.25) is 0 Å². The molecule has 1 heterocycles. The highest BCUT2D eigenvalue weighted by Crippen LogP contribution is 2.28. The number of aliphatic hydroxyl groups is 2. The quantitative estimate of drug-likeness (QED) is 0.526. The van der Waals surface area contributed by atoms with Crippen molar-refractivity contribution in [2.45, 2.75) is 19.1 Å². The molecule has 1 aliphatic heterocycles. The Hall–Kier alpha value is -1.79. The molecule has 1 saturated heterocycles. The summed E-state index contributed by atoms with van der Waals surface area (Å²) >= 11 is 0. The van der Waals surface area contributed by atoms with Gasteiger partial charge in [-0.05, 0) is 25.1 Å². The fourth-order valence-electron chi connectivity index (χ4n) is 2.15. The van der Waals surface area contributed by atoms with Gasteiger partial charge in [-0.2, -0.15) is 0 Å². The van der Waals surface area contributed by atoms with Gasteiger partial charge in [-0.15, -0.1) is 0 Å². The molecule has 1 aliphatic rings. The first-order chi connectivity index (χ1) is 9.02. The van der Waals surface area contributed by atoms with Gasteiger partial charge >= 0.3 is 5.97 Å². The number of nitrogen functional groups attached to an aromatic ring is 1. The molecule has 0 aliphatic carbocycles. The second kappa shape index (κ2) is 5.46. The molecule has 2 unspecified atom stereocenters. The van der Waals surface area contributed by atoms with Gasteiger partial charge in [0.15, 0.2) is 0 Å². The van der Waals surface area contributed by atoms with Crippen LogP contribution in [0, 0.1) is 0 Å². The first kappa shape index (κ1) is 13.6. The average molecular weight is 266 g/mol. The SMILES string of the molecule is CCOC(=O)c1ccc(N2CC(O)C(O)C2)c(N)c1. The van der Waals surface area contributed by atoms with Gasteiger partial charge in [0.25, 0.3) is 0 Å². The van der Waals surface area contributed by atoms with Crippen molar-refractivity contribution in [1.29, 1.82) is 0 Å². The van der Waals surface area contributed by atoms with Crippen molar-refractivity contribution in [2.75, 3.05) is 30.3 Å². The van der Waals surface area contributed by atoms with Crippen LogP contribution in [-0.2, 0) is 4.74 Å². The van der Waals surface area contributed by atoms with Crippen molar-refractivity contribution >= 4 is 17.3 Å². The molecular formula is C13H18N2O4. The van der Waals surface area contributed by atoms with E-state index in [1.807, 2.05) is 0 Å². The lowest BCUT2D eigenvalue weighted by atomic mass is 10.1. The predicted molar refractivity (Wildman–Crippen MR) is 71.0 cm³/mol. The summed E-state index contributed by atoms with van der Waals surface area (Å²) in [7, 11) is 0. The number of ether oxygens (including phenoxy) is 1. The molecule has 2 rings (SSSR count). The van der Waals surface area contributed by atoms with E-state index in [1.165, 1.54) is 0 Å². The second-order valence-electron chi connectivity index (χ2n) is 4.53. The normalized spacial score (nSPS) is 22.6. The number of esters is 1. The number of aliphatic hydroxyl groups excluding tert-OH is 2. The maximum atomic E-state index is 11.6. The molecule has 1 fully saturated rings. The minimum atomic E-state index is -0.774. The Bertz CT molecular complexity index is 468. The number of carbonyl (C=O) groups is 1. The number of anilines is 2. The molecule has 0 radical (unpaired) electrons. The fraction of sp³-hybridized carbons (Fsp3) is 0.462. The Labute approximate surface area is 111 Å². The second-order valence-corrected chi connectivity index (χ2v) is 4.53. The van der Waals surface area contributed by atoms with Crippen LogP contribution < -0.4 is 10.6 Å². The molecule has 19 heavy (non-hydrogen) atoms. The molecule has 0 bridgehead atoms. The van der Waals surface area contributed by atoms with Gasteiger partial charge in [0.2, 0.25) is 0 Å². The van der Waals surface area contributed by atoms with E-state index in [9.17, 15) is 15.0 Å². The molecule has 2 atom stereocenters. The lowest BCUT2D eigenvalue weighted by molar-refractivity contribution is 0.0526. The summed E-state index contributed by atoms with van der Waals surface area (Å²) in [4.78, 5) is 13.4. The van der Waals surface area contributed by atoms with E-state index in [4.69, 9.17) is 10.5 Å². The smallest absolute Gasteiger partial charge is 0.338 e. The number of hydrogen-bond acceptors (Lipinski definition) is 6. The van der Waals surface area contributed by atoms with Crippen LogP contribution in [0.1, 0.15) is 17.3 Å². The molecule has 0 spiro atoms. The van der Waals surface area contributed by atoms with Crippen molar-refractivity contribution in [3.63, 3.8) is 0 Å². The first-order valence-corrected chi connectivity index (χ1v) is 6.20. The summed E-state index contributed by atoms with van der Waals surface area (Å²) in [6, 6.07) is 4.87. The first-order valence-electron chi connectivity index (χ1n) is 6.20. The topological polar surface area (TPSA) is 96.0 Å². The summed E-state index contributed by atoms with van der Waals surface area (Å²) < 4.78 is 4.89. The lowest BCUT2D eigenvalue weighted by Gasteiger charge is -2.20. The van der Waals surface area contributed by atoms with Crippen LogP contribution >= 0.6 is 0 Å². The van der Waals surface area contributed by atoms with E-state index in [2.05, 4.69) is 0 Å². The highest BCUT2D eigenvalue weighted by atomic mass is 16.5. The minimum Gasteiger partial charge on any atom is -0.462 e. The number of β-amino-alcohol motifs (C(OH)–C–C–N with tert-alkyl or cyclic N) is 2. The molecule has 104 valence electrons. The maximum absolute atomic E-state index is 11.6. The molecule has 6 heteroatoms. The van der Waals surface area contributed by atoms with E-state index in [-0.39, 0.29) is 0 Å². The summed E-state index contributed by atoms with van der Waals surface area (Å²) in [6.07, 6.45) is -1.55. The Balaban J connectivity index is 2.18. The Morgan fingerprint density at radius 2 is 2.05 bits per heavy atom. The number of rotatable bonds is 3. The molecule has 1 aromatic carbocycles. The van der Waals surface area contributed by atoms with Crippen molar-refractivity contribution < 1.29 is 19.7 Å². The standard InChI is InChI=1S/C13H18N2O4/c1-2-19-13(18)8-3-4-10(9(14)5-8)15-6-11(16)12(17)7-15/h3-5,11-12,16-17H,2,6-7,14H2,1H3. The van der Waals surface area contributed by atoms with Crippen molar-refractivity contribution in [3.05, 3.63) is 23.8 Å². The molecule has 0 saturated carbocycles. The van der Waals surface area contributed by atoms with Gasteiger partial charge < -0.3 is 25.6 Å². The Kier molecular flexibility index (Phi) is 3.92. The summed E-state index contributed by atoms with van der Waals surface area (Å²) in [5.74, 6) is -0.415. The van der Waals surface area contributed by atoms with Gasteiger partial charge in [0.05, 0.1) is 35.8 Å². The van der Waals surface area contributed by atoms with E-state index >= 15 is 0 Å². The van der Waals surface area contributed by atoms with Gasteiger partial charge in [0, 0.05) is 13.1 Å². The predicted octanol–water partition coefficient (Wildman–Crippen LogP) is -0.0127. The zero-order valence-electron chi connectivity index (χ0n) is 10.7. The molecular weight excluding hydrogens is 248 g/mol. The monoisotopic (exact) mass is 266 g/mol. The van der Waals surface area contributed by atoms with E-state index in [0.29, 0.717) is 36.6 Å². The average Bonchev–Trinajstić information content (AvgIpc) is 2.69. The van der Waals surface area contributed by atoms with Gasteiger partial charge in [-0.25, -0.2) is 4.79 Å². The van der Waals surface area contributed by atoms with Gasteiger partial charge in [-0.1, -0.05) is 0 Å². The Morgan fingerprint density at radius 3 is 2.58 bits per heavy atom. The van der Waals surface area contributed by atoms with Crippen molar-refractivity contribution in [3.8, 4) is 0 Å². The molecule has 6 nitrogen and oxygen atoms in total. The van der Waals surface area contributed by atoms with Crippen LogP contribution in [-0.4, -0.2) is 48.1 Å². The maximum Gasteiger partial charge on any atom is 0.338 e. The highest BCUT2D eigenvalue weighted by Gasteiger charge is 2.30. The summed E-state index contributed by atoms with van der Waals surface area (Å²) in [5, 5.41) is 19.1. The number of benzene rings is 1. The van der Waals surface area contributed by atoms with E-state index in [0.717, 1.165) is 0 Å². The molecule has 4 N–H and O–H groups in total. The lowest BCUT2D eigenvalue weighted by Crippen LogP contribution is -2.22. The Morgan fingerprint density at radius 1 is 1.42 bits per heavy atom. The largest absolute Gasteiger partial charge is 0.462 e. The minimum absolute atomic E-state index is 0.311. The molecule has 1 aromatic rings. The molecule has 0 aromatic heterocycles. The van der Waals surface area contributed by atoms with Gasteiger partial charge in [0.1, 0.15) is 0 Å². The number of carbonyl (C=O) groups excluding carboxylic acids is 1. The third-order valence-corrected chi connectivity index (χ3v) is 3.14. The number of nitrogens with two attached hydrogens (primary N) is 1. The van der Waals surface area contributed by atoms with Crippen LogP contribution in [0.5, 0.6) is 0 Å². The van der Waals surface area contributed by atoms with Crippen LogP contribution in [0.3, 0.4) is 0 Å². The number of hydrogen-bond donors (Lipinski definition) is 3. The van der Waals surface area contributed by atoms with Crippen LogP contribution in [0.15, 0.2) is 18.2 Å². The zero-order chi connectivity index (χ0) is 14.0. The molecule has 0 amide bonds. The summed E-state index contributed by atoms with van der Waals surface area (Å²) in [5.41, 5.74) is 7.43. The van der Waals surface area contributed by atoms with E-state index < -0.39 is 18.2 Å². The summed E-state index contributed by atoms with van der Waals surface area (Å²) in [6.45, 7) is 2.70. The third kappa shape index (κ3) is 2.80. The fourth-order valence-corrected chi connectivity index (χ4v) is 2.15. The number of nitrogens with zero attached hydrogens (tertiary/aromatic N) is 1. The van der Waals surface area contributed by atoms with Crippen LogP contribution in [0.4, 0.5) is 11.4 Å². The third-order valence-electron chi connectivity index (χ3n) is 3.14.